The Morgan fingerprint density at radius 1 is 1.71 bits per heavy atom. The number of carbonyl (C=O) groups is 1. The van der Waals surface area contributed by atoms with Gasteiger partial charge in [0.05, 0.1) is 11.6 Å². The second-order valence-corrected chi connectivity index (χ2v) is 3.86. The number of hydrogen-bond acceptors (Lipinski definition) is 5. The molecule has 0 spiro atoms. The van der Waals surface area contributed by atoms with Crippen molar-refractivity contribution >= 4 is 29.6 Å². The van der Waals surface area contributed by atoms with E-state index in [1.165, 1.54) is 5.01 Å². The lowest BCUT2D eigenvalue weighted by Gasteiger charge is -2.21. The largest absolute Gasteiger partial charge is 0.464 e. The lowest BCUT2D eigenvalue weighted by Crippen LogP contribution is -2.36. The van der Waals surface area contributed by atoms with Crippen LogP contribution in [0.3, 0.4) is 0 Å². The van der Waals surface area contributed by atoms with Crippen LogP contribution in [0, 0.1) is 0 Å². The van der Waals surface area contributed by atoms with Crippen LogP contribution in [-0.2, 0) is 9.53 Å². The molecule has 1 aliphatic heterocycles. The van der Waals surface area contributed by atoms with Crippen molar-refractivity contribution in [3.05, 3.63) is 23.4 Å². The Bertz CT molecular complexity index is 450. The minimum absolute atomic E-state index is 0.313. The van der Waals surface area contributed by atoms with Gasteiger partial charge in [-0.05, 0) is 19.1 Å². The monoisotopic (exact) mass is 253 g/mol. The van der Waals surface area contributed by atoms with Gasteiger partial charge in [-0.2, -0.15) is 5.10 Å². The van der Waals surface area contributed by atoms with Crippen LogP contribution in [0.5, 0.6) is 0 Å². The summed E-state index contributed by atoms with van der Waals surface area (Å²) in [6.45, 7) is 2.12. The van der Waals surface area contributed by atoms with Gasteiger partial charge in [-0.15, -0.1) is 0 Å². The van der Waals surface area contributed by atoms with Crippen molar-refractivity contribution in [3.63, 3.8) is 0 Å². The van der Waals surface area contributed by atoms with E-state index in [2.05, 4.69) is 10.1 Å². The third kappa shape index (κ3) is 2.39. The van der Waals surface area contributed by atoms with Crippen molar-refractivity contribution in [1.29, 1.82) is 0 Å². The summed E-state index contributed by atoms with van der Waals surface area (Å²) >= 11 is 6.02. The Balaban J connectivity index is 2.23. The van der Waals surface area contributed by atoms with Crippen LogP contribution in [0.2, 0.25) is 5.02 Å². The minimum Gasteiger partial charge on any atom is -0.464 e. The minimum atomic E-state index is -0.470. The Labute approximate surface area is 104 Å². The van der Waals surface area contributed by atoms with Crippen LogP contribution in [0.25, 0.3) is 0 Å². The Morgan fingerprint density at radius 2 is 2.53 bits per heavy atom. The van der Waals surface area contributed by atoms with E-state index >= 15 is 0 Å². The number of pyridine rings is 1. The van der Waals surface area contributed by atoms with Crippen LogP contribution in [0.15, 0.2) is 23.4 Å². The summed E-state index contributed by atoms with van der Waals surface area (Å²) in [5, 5.41) is 6.07. The average molecular weight is 254 g/mol. The Kier molecular flexibility index (Phi) is 3.58. The molecule has 17 heavy (non-hydrogen) atoms. The second kappa shape index (κ2) is 5.14. The normalized spacial score (nSPS) is 18.5. The molecule has 0 aliphatic carbocycles. The number of hydrogen-bond donors (Lipinski definition) is 0. The first-order valence-electron chi connectivity index (χ1n) is 5.33. The number of hydrazone groups is 1. The fourth-order valence-electron chi connectivity index (χ4n) is 1.60. The topological polar surface area (TPSA) is 54.8 Å². The molecule has 0 N–H and O–H groups in total. The smallest absolute Gasteiger partial charge is 0.331 e. The van der Waals surface area contributed by atoms with Crippen LogP contribution < -0.4 is 5.01 Å². The molecule has 6 heteroatoms. The van der Waals surface area contributed by atoms with Gasteiger partial charge in [-0.3, -0.25) is 0 Å². The van der Waals surface area contributed by atoms with Gasteiger partial charge in [0.25, 0.3) is 0 Å². The molecule has 0 radical (unpaired) electrons. The van der Waals surface area contributed by atoms with E-state index in [0.29, 0.717) is 23.9 Å². The number of carbonyl (C=O) groups excluding carboxylic acids is 1. The van der Waals surface area contributed by atoms with Gasteiger partial charge in [0.2, 0.25) is 0 Å². The highest BCUT2D eigenvalue weighted by Gasteiger charge is 2.32. The summed E-state index contributed by atoms with van der Waals surface area (Å²) in [7, 11) is 0. The molecule has 1 aromatic rings. The fourth-order valence-corrected chi connectivity index (χ4v) is 1.81. The van der Waals surface area contributed by atoms with E-state index in [0.717, 1.165) is 0 Å². The molecule has 0 fully saturated rings. The van der Waals surface area contributed by atoms with Gasteiger partial charge in [0.1, 0.15) is 0 Å². The third-order valence-electron chi connectivity index (χ3n) is 2.34. The van der Waals surface area contributed by atoms with Crippen molar-refractivity contribution < 1.29 is 9.53 Å². The molecule has 1 atom stereocenters. The van der Waals surface area contributed by atoms with Gasteiger partial charge in [-0.25, -0.2) is 14.8 Å². The Hall–Kier alpha value is -1.62. The summed E-state index contributed by atoms with van der Waals surface area (Å²) in [4.78, 5) is 15.9. The lowest BCUT2D eigenvalue weighted by molar-refractivity contribution is -0.144. The molecule has 1 aliphatic rings. The van der Waals surface area contributed by atoms with E-state index in [4.69, 9.17) is 16.3 Å². The van der Waals surface area contributed by atoms with Crippen molar-refractivity contribution in [2.75, 3.05) is 11.6 Å². The predicted molar refractivity (Wildman–Crippen MR) is 65.3 cm³/mol. The summed E-state index contributed by atoms with van der Waals surface area (Å²) < 4.78 is 4.99. The molecule has 2 rings (SSSR count). The summed E-state index contributed by atoms with van der Waals surface area (Å²) in [5.41, 5.74) is 0. The van der Waals surface area contributed by atoms with E-state index in [1.807, 2.05) is 0 Å². The molecule has 0 saturated heterocycles. The highest BCUT2D eigenvalue weighted by molar-refractivity contribution is 6.33. The van der Waals surface area contributed by atoms with E-state index in [9.17, 15) is 4.79 Å². The summed E-state index contributed by atoms with van der Waals surface area (Å²) in [6, 6.07) is 2.97. The molecule has 1 aromatic heterocycles. The zero-order valence-electron chi connectivity index (χ0n) is 9.34. The van der Waals surface area contributed by atoms with Gasteiger partial charge in [-0.1, -0.05) is 11.6 Å². The van der Waals surface area contributed by atoms with Crippen molar-refractivity contribution in [3.8, 4) is 0 Å². The van der Waals surface area contributed by atoms with Crippen LogP contribution >= 0.6 is 11.6 Å². The molecule has 5 nitrogen and oxygen atoms in total. The molecule has 0 bridgehead atoms. The van der Waals surface area contributed by atoms with Crippen molar-refractivity contribution in [1.82, 2.24) is 4.98 Å². The number of halogens is 1. The molecule has 0 amide bonds. The van der Waals surface area contributed by atoms with Gasteiger partial charge < -0.3 is 4.74 Å². The average Bonchev–Trinajstić information content (AvgIpc) is 2.79. The van der Waals surface area contributed by atoms with Gasteiger partial charge in [0, 0.05) is 18.8 Å². The number of anilines is 1. The maximum Gasteiger partial charge on any atom is 0.331 e. The number of ether oxygens (including phenoxy) is 1. The maximum atomic E-state index is 11.7. The molecule has 1 unspecified atom stereocenters. The highest BCUT2D eigenvalue weighted by Crippen LogP contribution is 2.27. The van der Waals surface area contributed by atoms with Crippen molar-refractivity contribution in [2.24, 2.45) is 5.10 Å². The van der Waals surface area contributed by atoms with E-state index < -0.39 is 6.04 Å². The third-order valence-corrected chi connectivity index (χ3v) is 2.64. The highest BCUT2D eigenvalue weighted by atomic mass is 35.5. The fraction of sp³-hybridized carbons (Fsp3) is 0.364. The first kappa shape index (κ1) is 11.9. The molecule has 0 saturated carbocycles. The van der Waals surface area contributed by atoms with Crippen molar-refractivity contribution in [2.45, 2.75) is 19.4 Å². The molecular formula is C11H12ClN3O2. The summed E-state index contributed by atoms with van der Waals surface area (Å²) in [6.07, 6.45) is 3.77. The Morgan fingerprint density at radius 3 is 3.24 bits per heavy atom. The second-order valence-electron chi connectivity index (χ2n) is 3.45. The SMILES string of the molecule is CCOC(=O)C1CC=NN1c1ncccc1Cl. The van der Waals surface area contributed by atoms with Crippen LogP contribution in [-0.4, -0.2) is 29.8 Å². The number of esters is 1. The first-order valence-corrected chi connectivity index (χ1v) is 5.70. The van der Waals surface area contributed by atoms with Gasteiger partial charge in [0.15, 0.2) is 11.9 Å². The lowest BCUT2D eigenvalue weighted by atomic mass is 10.2. The zero-order valence-corrected chi connectivity index (χ0v) is 10.1. The number of rotatable bonds is 3. The molecular weight excluding hydrogens is 242 g/mol. The zero-order chi connectivity index (χ0) is 12.3. The van der Waals surface area contributed by atoms with Crippen LogP contribution in [0.1, 0.15) is 13.3 Å². The standard InChI is InChI=1S/C11H12ClN3O2/c1-2-17-11(16)9-5-7-14-15(9)10-8(12)4-3-6-13-10/h3-4,6-7,9H,2,5H2,1H3. The summed E-state index contributed by atoms with van der Waals surface area (Å²) in [5.74, 6) is 0.160. The molecule has 2 heterocycles. The van der Waals surface area contributed by atoms with Gasteiger partial charge >= 0.3 is 5.97 Å². The van der Waals surface area contributed by atoms with E-state index in [-0.39, 0.29) is 5.97 Å². The molecule has 90 valence electrons. The maximum absolute atomic E-state index is 11.7. The predicted octanol–water partition coefficient (Wildman–Crippen LogP) is 1.86. The molecule has 0 aromatic carbocycles. The number of aromatic nitrogens is 1. The first-order chi connectivity index (χ1) is 8.24. The quantitative estimate of drug-likeness (QED) is 0.772. The number of nitrogens with zero attached hydrogens (tertiary/aromatic N) is 3. The van der Waals surface area contributed by atoms with Crippen LogP contribution in [0.4, 0.5) is 5.82 Å². The van der Waals surface area contributed by atoms with E-state index in [1.54, 1.807) is 31.5 Å².